The van der Waals surface area contributed by atoms with Crippen LogP contribution in [0.4, 0.5) is 10.2 Å². The van der Waals surface area contributed by atoms with Crippen molar-refractivity contribution in [2.75, 3.05) is 25.9 Å². The number of para-hydroxylation sites is 1. The number of likely N-dealkylation sites (tertiary alicyclic amines) is 1. The normalized spacial score (nSPS) is 15.2. The molecule has 3 heterocycles. The van der Waals surface area contributed by atoms with E-state index in [4.69, 9.17) is 15.6 Å². The fraction of sp³-hybridized carbons (Fsp3) is 0.250. The van der Waals surface area contributed by atoms with Crippen molar-refractivity contribution in [3.05, 3.63) is 78.4 Å². The van der Waals surface area contributed by atoms with Crippen molar-refractivity contribution in [1.82, 2.24) is 30.0 Å². The highest BCUT2D eigenvalue weighted by atomic mass is 19.1. The zero-order chi connectivity index (χ0) is 27.5. The number of halogens is 1. The van der Waals surface area contributed by atoms with Gasteiger partial charge in [-0.05, 0) is 49.2 Å². The first-order valence-electron chi connectivity index (χ1n) is 12.5. The quantitative estimate of drug-likeness (QED) is 0.351. The molecule has 1 aliphatic heterocycles. The van der Waals surface area contributed by atoms with Crippen LogP contribution < -0.4 is 15.8 Å². The van der Waals surface area contributed by atoms with E-state index in [1.165, 1.54) is 25.6 Å². The first-order valence-corrected chi connectivity index (χ1v) is 12.5. The summed E-state index contributed by atoms with van der Waals surface area (Å²) < 4.78 is 21.9. The second kappa shape index (κ2) is 10.9. The highest BCUT2D eigenvalue weighted by molar-refractivity contribution is 5.99. The second-order valence-electron chi connectivity index (χ2n) is 9.22. The van der Waals surface area contributed by atoms with Crippen LogP contribution >= 0.6 is 0 Å². The van der Waals surface area contributed by atoms with Gasteiger partial charge in [0.2, 0.25) is 5.91 Å². The van der Waals surface area contributed by atoms with Gasteiger partial charge in [-0.25, -0.2) is 19.0 Å². The Bertz CT molecular complexity index is 1570. The molecule has 2 aromatic heterocycles. The highest BCUT2D eigenvalue weighted by Crippen LogP contribution is 2.34. The van der Waals surface area contributed by atoms with Gasteiger partial charge in [0, 0.05) is 30.8 Å². The average Bonchev–Trinajstić information content (AvgIpc) is 3.37. The Labute approximate surface area is 224 Å². The highest BCUT2D eigenvalue weighted by Gasteiger charge is 2.28. The molecule has 11 heteroatoms. The number of hydrogen-bond acceptors (Lipinski definition) is 7. The van der Waals surface area contributed by atoms with Crippen LogP contribution in [0.2, 0.25) is 0 Å². The van der Waals surface area contributed by atoms with E-state index in [0.717, 1.165) is 12.8 Å². The molecule has 4 aromatic rings. The van der Waals surface area contributed by atoms with Crippen LogP contribution in [-0.4, -0.2) is 56.7 Å². The summed E-state index contributed by atoms with van der Waals surface area (Å²) in [5.41, 5.74) is 8.51. The Morgan fingerprint density at radius 1 is 1.26 bits per heavy atom. The number of rotatable bonds is 7. The first-order chi connectivity index (χ1) is 18.9. The number of piperidine rings is 1. The van der Waals surface area contributed by atoms with Crippen LogP contribution in [0.25, 0.3) is 22.3 Å². The van der Waals surface area contributed by atoms with E-state index in [2.05, 4.69) is 21.9 Å². The van der Waals surface area contributed by atoms with Gasteiger partial charge in [0.25, 0.3) is 5.91 Å². The summed E-state index contributed by atoms with van der Waals surface area (Å²) >= 11 is 0. The molecule has 1 unspecified atom stereocenters. The van der Waals surface area contributed by atoms with Gasteiger partial charge >= 0.3 is 0 Å². The molecule has 2 aromatic carbocycles. The molecular formula is C28H28FN7O3. The molecule has 1 atom stereocenters. The Balaban J connectivity index is 1.47. The van der Waals surface area contributed by atoms with Crippen molar-refractivity contribution in [2.45, 2.75) is 25.4 Å². The monoisotopic (exact) mass is 529 g/mol. The predicted octanol–water partition coefficient (Wildman–Crippen LogP) is 3.50. The Hall–Kier alpha value is -4.80. The number of fused-ring (bicyclic) bond motifs is 1. The second-order valence-corrected chi connectivity index (χ2v) is 9.22. The van der Waals surface area contributed by atoms with Crippen LogP contribution in [0.3, 0.4) is 0 Å². The minimum atomic E-state index is -0.474. The number of benzene rings is 2. The lowest BCUT2D eigenvalue weighted by molar-refractivity contribution is -0.127. The molecule has 0 radical (unpaired) electrons. The van der Waals surface area contributed by atoms with E-state index in [1.54, 1.807) is 46.0 Å². The molecule has 200 valence electrons. The van der Waals surface area contributed by atoms with Gasteiger partial charge in [0.15, 0.2) is 5.65 Å². The van der Waals surface area contributed by atoms with Gasteiger partial charge in [0.05, 0.1) is 24.1 Å². The smallest absolute Gasteiger partial charge is 0.255 e. The van der Waals surface area contributed by atoms with Crippen LogP contribution in [0.5, 0.6) is 5.75 Å². The summed E-state index contributed by atoms with van der Waals surface area (Å²) in [5.74, 6) is -0.332. The van der Waals surface area contributed by atoms with Crippen LogP contribution in [0.1, 0.15) is 34.8 Å². The van der Waals surface area contributed by atoms with Gasteiger partial charge in [0.1, 0.15) is 29.4 Å². The van der Waals surface area contributed by atoms with Crippen molar-refractivity contribution in [3.63, 3.8) is 0 Å². The Morgan fingerprint density at radius 2 is 2.08 bits per heavy atom. The zero-order valence-corrected chi connectivity index (χ0v) is 21.4. The van der Waals surface area contributed by atoms with Gasteiger partial charge in [-0.15, -0.1) is 0 Å². The van der Waals surface area contributed by atoms with E-state index in [1.807, 2.05) is 0 Å². The van der Waals surface area contributed by atoms with Crippen LogP contribution in [0, 0.1) is 5.82 Å². The van der Waals surface area contributed by atoms with E-state index in [9.17, 15) is 14.0 Å². The Kier molecular flexibility index (Phi) is 7.22. The number of hydrogen-bond donors (Lipinski definition) is 2. The van der Waals surface area contributed by atoms with E-state index >= 15 is 0 Å². The fourth-order valence-electron chi connectivity index (χ4n) is 4.90. The largest absolute Gasteiger partial charge is 0.496 e. The van der Waals surface area contributed by atoms with Crippen LogP contribution in [-0.2, 0) is 11.3 Å². The standard InChI is InChI=1S/C28H28FN7O3/c1-3-23(37)35-12-6-7-19(15-35)36-27-24(26(30)32-16-33-27)25(34-36)17-10-11-21(29)18(13-17)14-31-28(38)20-8-4-5-9-22(20)39-2/h3-5,8-11,13,16,19H,1,6-7,12,14-15H2,2H3,(H,31,38)(H2,30,32,33). The minimum Gasteiger partial charge on any atom is -0.496 e. The topological polar surface area (TPSA) is 128 Å². The molecule has 10 nitrogen and oxygen atoms in total. The van der Waals surface area contributed by atoms with E-state index in [0.29, 0.717) is 46.7 Å². The molecule has 39 heavy (non-hydrogen) atoms. The number of ether oxygens (including phenoxy) is 1. The third-order valence-corrected chi connectivity index (χ3v) is 6.86. The van der Waals surface area contributed by atoms with E-state index in [-0.39, 0.29) is 35.8 Å². The number of methoxy groups -OCH3 is 1. The SMILES string of the molecule is C=CC(=O)N1CCCC(n2nc(-c3ccc(F)c(CNC(=O)c4ccccc4OC)c3)c3c(N)ncnc32)C1. The first kappa shape index (κ1) is 25.8. The molecular weight excluding hydrogens is 501 g/mol. The molecule has 5 rings (SSSR count). The number of nitrogens with two attached hydrogens (primary N) is 1. The van der Waals surface area contributed by atoms with E-state index < -0.39 is 5.82 Å². The number of carbonyl (C=O) groups is 2. The summed E-state index contributed by atoms with van der Waals surface area (Å²) in [7, 11) is 1.48. The van der Waals surface area contributed by atoms with Gasteiger partial charge < -0.3 is 20.7 Å². The zero-order valence-electron chi connectivity index (χ0n) is 21.4. The van der Waals surface area contributed by atoms with Crippen molar-refractivity contribution in [1.29, 1.82) is 0 Å². The fourth-order valence-corrected chi connectivity index (χ4v) is 4.90. The predicted molar refractivity (Wildman–Crippen MR) is 144 cm³/mol. The molecule has 1 fully saturated rings. The van der Waals surface area contributed by atoms with Crippen molar-refractivity contribution >= 4 is 28.7 Å². The average molecular weight is 530 g/mol. The molecule has 0 bridgehead atoms. The summed E-state index contributed by atoms with van der Waals surface area (Å²) in [6.07, 6.45) is 4.28. The van der Waals surface area contributed by atoms with Gasteiger partial charge in [-0.2, -0.15) is 5.10 Å². The molecule has 0 saturated carbocycles. The number of nitrogens with zero attached hydrogens (tertiary/aromatic N) is 5. The number of nitrogen functional groups attached to an aromatic ring is 1. The van der Waals surface area contributed by atoms with Crippen LogP contribution in [0.15, 0.2) is 61.4 Å². The number of anilines is 1. The third-order valence-electron chi connectivity index (χ3n) is 6.86. The molecule has 0 spiro atoms. The molecule has 3 N–H and O–H groups in total. The lowest BCUT2D eigenvalue weighted by atomic mass is 10.0. The van der Waals surface area contributed by atoms with Gasteiger partial charge in [-0.1, -0.05) is 18.7 Å². The van der Waals surface area contributed by atoms with Crippen molar-refractivity contribution in [3.8, 4) is 17.0 Å². The minimum absolute atomic E-state index is 0.0531. The summed E-state index contributed by atoms with van der Waals surface area (Å²) in [5, 5.41) is 8.14. The maximum absolute atomic E-state index is 14.8. The Morgan fingerprint density at radius 3 is 2.87 bits per heavy atom. The summed E-state index contributed by atoms with van der Waals surface area (Å²) in [6, 6.07) is 11.2. The summed E-state index contributed by atoms with van der Waals surface area (Å²) in [6.45, 7) is 4.64. The molecule has 2 amide bonds. The summed E-state index contributed by atoms with van der Waals surface area (Å²) in [4.78, 5) is 35.3. The number of nitrogens with one attached hydrogen (secondary N) is 1. The van der Waals surface area contributed by atoms with Crippen molar-refractivity contribution in [2.24, 2.45) is 0 Å². The lowest BCUT2D eigenvalue weighted by Crippen LogP contribution is -2.40. The maximum atomic E-state index is 14.8. The van der Waals surface area contributed by atoms with Gasteiger partial charge in [-0.3, -0.25) is 9.59 Å². The third kappa shape index (κ3) is 5.02. The maximum Gasteiger partial charge on any atom is 0.255 e. The molecule has 0 aliphatic carbocycles. The number of amides is 2. The van der Waals surface area contributed by atoms with Crippen molar-refractivity contribution < 1.29 is 18.7 Å². The lowest BCUT2D eigenvalue weighted by Gasteiger charge is -2.32. The molecule has 1 saturated heterocycles. The molecule has 1 aliphatic rings. The number of carbonyl (C=O) groups excluding carboxylic acids is 2. The number of aromatic nitrogens is 4.